The molecule has 0 aromatic heterocycles. The van der Waals surface area contributed by atoms with Crippen LogP contribution in [0.25, 0.3) is 0 Å². The number of benzene rings is 1. The van der Waals surface area contributed by atoms with Gasteiger partial charge in [0.15, 0.2) is 0 Å². The second kappa shape index (κ2) is 6.37. The van der Waals surface area contributed by atoms with Crippen LogP contribution in [-0.2, 0) is 11.3 Å². The van der Waals surface area contributed by atoms with Crippen molar-refractivity contribution in [2.45, 2.75) is 6.54 Å². The molecule has 0 bridgehead atoms. The van der Waals surface area contributed by atoms with Crippen LogP contribution in [0, 0.1) is 0 Å². The van der Waals surface area contributed by atoms with Gasteiger partial charge in [-0.1, -0.05) is 12.1 Å². The number of nitrogens with zero attached hydrogens (tertiary/aromatic N) is 2. The zero-order chi connectivity index (χ0) is 12.9. The molecule has 0 unspecified atom stereocenters. The van der Waals surface area contributed by atoms with Crippen molar-refractivity contribution in [2.75, 3.05) is 57.4 Å². The first-order valence-electron chi connectivity index (χ1n) is 7.26. The highest BCUT2D eigenvalue weighted by Gasteiger charge is 2.13. The quantitative estimate of drug-likeness (QED) is 0.876. The van der Waals surface area contributed by atoms with Crippen molar-refractivity contribution in [3.05, 3.63) is 29.8 Å². The predicted octanol–water partition coefficient (Wildman–Crippen LogP) is 0.928. The number of anilines is 1. The second-order valence-electron chi connectivity index (χ2n) is 5.30. The van der Waals surface area contributed by atoms with Crippen molar-refractivity contribution in [1.82, 2.24) is 10.2 Å². The molecular weight excluding hydrogens is 238 g/mol. The van der Waals surface area contributed by atoms with Crippen molar-refractivity contribution in [2.24, 2.45) is 0 Å². The first-order valence-corrected chi connectivity index (χ1v) is 7.26. The van der Waals surface area contributed by atoms with Crippen molar-refractivity contribution in [3.8, 4) is 0 Å². The third kappa shape index (κ3) is 3.47. The Morgan fingerprint density at radius 3 is 2.63 bits per heavy atom. The third-order valence-electron chi connectivity index (χ3n) is 3.90. The Labute approximate surface area is 115 Å². The minimum absolute atomic E-state index is 0.849. The number of hydrogen-bond acceptors (Lipinski definition) is 4. The van der Waals surface area contributed by atoms with Gasteiger partial charge in [0.2, 0.25) is 0 Å². The van der Waals surface area contributed by atoms with Gasteiger partial charge in [0.05, 0.1) is 13.2 Å². The maximum absolute atomic E-state index is 5.42. The first kappa shape index (κ1) is 12.9. The largest absolute Gasteiger partial charge is 0.378 e. The second-order valence-corrected chi connectivity index (χ2v) is 5.30. The standard InChI is InChI=1S/C15H23N3O/c1-2-14(13-17-6-4-16-5-7-17)12-15(3-1)18-8-10-19-11-9-18/h1-3,12,16H,4-11,13H2. The highest BCUT2D eigenvalue weighted by atomic mass is 16.5. The Morgan fingerprint density at radius 2 is 1.84 bits per heavy atom. The molecule has 2 heterocycles. The summed E-state index contributed by atoms with van der Waals surface area (Å²) in [5.41, 5.74) is 2.77. The average molecular weight is 261 g/mol. The predicted molar refractivity (Wildman–Crippen MR) is 77.6 cm³/mol. The van der Waals surface area contributed by atoms with E-state index in [0.29, 0.717) is 0 Å². The molecule has 1 aromatic carbocycles. The molecule has 0 spiro atoms. The van der Waals surface area contributed by atoms with E-state index >= 15 is 0 Å². The highest BCUT2D eigenvalue weighted by Crippen LogP contribution is 2.18. The van der Waals surface area contributed by atoms with E-state index < -0.39 is 0 Å². The van der Waals surface area contributed by atoms with Crippen molar-refractivity contribution < 1.29 is 4.74 Å². The monoisotopic (exact) mass is 261 g/mol. The van der Waals surface area contributed by atoms with Gasteiger partial charge in [0, 0.05) is 51.5 Å². The molecule has 2 aliphatic rings. The van der Waals surface area contributed by atoms with Gasteiger partial charge >= 0.3 is 0 Å². The zero-order valence-corrected chi connectivity index (χ0v) is 11.5. The van der Waals surface area contributed by atoms with Crippen molar-refractivity contribution in [1.29, 1.82) is 0 Å². The molecule has 4 nitrogen and oxygen atoms in total. The molecule has 1 N–H and O–H groups in total. The summed E-state index contributed by atoms with van der Waals surface area (Å²) in [6.45, 7) is 9.33. The third-order valence-corrected chi connectivity index (χ3v) is 3.90. The molecule has 2 saturated heterocycles. The van der Waals surface area contributed by atoms with E-state index in [9.17, 15) is 0 Å². The Bertz CT molecular complexity index is 398. The van der Waals surface area contributed by atoms with Crippen molar-refractivity contribution >= 4 is 5.69 Å². The lowest BCUT2D eigenvalue weighted by Crippen LogP contribution is -2.42. The minimum atomic E-state index is 0.849. The Balaban J connectivity index is 1.64. The van der Waals surface area contributed by atoms with Crippen LogP contribution >= 0.6 is 0 Å². The number of nitrogens with one attached hydrogen (secondary N) is 1. The van der Waals surface area contributed by atoms with Gasteiger partial charge in [-0.05, 0) is 17.7 Å². The molecule has 0 atom stereocenters. The van der Waals surface area contributed by atoms with E-state index in [4.69, 9.17) is 4.74 Å². The smallest absolute Gasteiger partial charge is 0.0642 e. The van der Waals surface area contributed by atoms with E-state index in [1.165, 1.54) is 11.3 Å². The lowest BCUT2D eigenvalue weighted by Gasteiger charge is -2.30. The van der Waals surface area contributed by atoms with Gasteiger partial charge in [-0.2, -0.15) is 0 Å². The molecule has 3 rings (SSSR count). The molecule has 104 valence electrons. The summed E-state index contributed by atoms with van der Waals surface area (Å²) in [5.74, 6) is 0. The molecule has 2 aliphatic heterocycles. The van der Waals surface area contributed by atoms with Crippen LogP contribution in [-0.4, -0.2) is 57.4 Å². The summed E-state index contributed by atoms with van der Waals surface area (Å²) in [4.78, 5) is 4.94. The summed E-state index contributed by atoms with van der Waals surface area (Å²) >= 11 is 0. The van der Waals surface area contributed by atoms with Crippen LogP contribution in [0.3, 0.4) is 0 Å². The molecular formula is C15H23N3O. The summed E-state index contributed by atoms with van der Waals surface area (Å²) in [6.07, 6.45) is 0. The van der Waals surface area contributed by atoms with Crippen LogP contribution in [0.1, 0.15) is 5.56 Å². The SMILES string of the molecule is c1cc(CN2CCNCC2)cc(N2CCOCC2)c1. The van der Waals surface area contributed by atoms with Gasteiger partial charge in [0.25, 0.3) is 0 Å². The molecule has 0 amide bonds. The van der Waals surface area contributed by atoms with Crippen LogP contribution in [0.4, 0.5) is 5.69 Å². The van der Waals surface area contributed by atoms with E-state index in [0.717, 1.165) is 59.0 Å². The van der Waals surface area contributed by atoms with E-state index in [2.05, 4.69) is 39.4 Å². The summed E-state index contributed by atoms with van der Waals surface area (Å²) in [6, 6.07) is 8.98. The highest BCUT2D eigenvalue weighted by molar-refractivity contribution is 5.48. The Morgan fingerprint density at radius 1 is 1.05 bits per heavy atom. The fourth-order valence-corrected chi connectivity index (χ4v) is 2.80. The molecule has 4 heteroatoms. The Hall–Kier alpha value is -1.10. The van der Waals surface area contributed by atoms with Gasteiger partial charge in [-0.15, -0.1) is 0 Å². The van der Waals surface area contributed by atoms with Gasteiger partial charge < -0.3 is 15.0 Å². The minimum Gasteiger partial charge on any atom is -0.378 e. The maximum Gasteiger partial charge on any atom is 0.0642 e. The number of piperazine rings is 1. The fraction of sp³-hybridized carbons (Fsp3) is 0.600. The summed E-state index contributed by atoms with van der Waals surface area (Å²) in [5, 5.41) is 3.40. The molecule has 2 fully saturated rings. The van der Waals surface area contributed by atoms with Crippen LogP contribution in [0.2, 0.25) is 0 Å². The molecule has 0 aliphatic carbocycles. The van der Waals surface area contributed by atoms with E-state index in [-0.39, 0.29) is 0 Å². The summed E-state index contributed by atoms with van der Waals surface area (Å²) in [7, 11) is 0. The normalized spacial score (nSPS) is 21.6. The lowest BCUT2D eigenvalue weighted by molar-refractivity contribution is 0.122. The molecule has 1 aromatic rings. The summed E-state index contributed by atoms with van der Waals surface area (Å²) < 4.78 is 5.42. The number of hydrogen-bond donors (Lipinski definition) is 1. The lowest BCUT2D eigenvalue weighted by atomic mass is 10.1. The Kier molecular flexibility index (Phi) is 4.33. The van der Waals surface area contributed by atoms with Crippen LogP contribution in [0.15, 0.2) is 24.3 Å². The van der Waals surface area contributed by atoms with Gasteiger partial charge in [-0.3, -0.25) is 4.90 Å². The fourth-order valence-electron chi connectivity index (χ4n) is 2.80. The zero-order valence-electron chi connectivity index (χ0n) is 11.5. The van der Waals surface area contributed by atoms with Gasteiger partial charge in [0.1, 0.15) is 0 Å². The van der Waals surface area contributed by atoms with Gasteiger partial charge in [-0.25, -0.2) is 0 Å². The molecule has 19 heavy (non-hydrogen) atoms. The maximum atomic E-state index is 5.42. The van der Waals surface area contributed by atoms with Crippen molar-refractivity contribution in [3.63, 3.8) is 0 Å². The van der Waals surface area contributed by atoms with Crippen LogP contribution < -0.4 is 10.2 Å². The topological polar surface area (TPSA) is 27.7 Å². The average Bonchev–Trinajstić information content (AvgIpc) is 2.49. The van der Waals surface area contributed by atoms with E-state index in [1.54, 1.807) is 0 Å². The first-order chi connectivity index (χ1) is 9.42. The number of ether oxygens (including phenoxy) is 1. The van der Waals surface area contributed by atoms with Crippen LogP contribution in [0.5, 0.6) is 0 Å². The molecule has 0 radical (unpaired) electrons. The number of morpholine rings is 1. The molecule has 0 saturated carbocycles. The number of rotatable bonds is 3. The van der Waals surface area contributed by atoms with E-state index in [1.807, 2.05) is 0 Å².